The minimum absolute atomic E-state index is 0.0900. The number of benzene rings is 3. The minimum Gasteiger partial charge on any atom is -0.507 e. The summed E-state index contributed by atoms with van der Waals surface area (Å²) < 4.78 is 0. The third-order valence-electron chi connectivity index (χ3n) is 4.24. The standard InChI is InChI=1S/C24H20ClNOS/c1-17-7-5-6-10-21(17)26-24(28)23(19-8-3-2-4-9-19)22(27)16-13-18-11-14-20(25)15-12-18/h2-16,27H,1H3,(H,26,28)/b16-13+,23-22+. The van der Waals surface area contributed by atoms with Crippen LogP contribution in [0, 0.1) is 6.92 Å². The molecule has 0 bridgehead atoms. The molecule has 0 saturated heterocycles. The third-order valence-corrected chi connectivity index (χ3v) is 4.80. The Labute approximate surface area is 175 Å². The molecule has 140 valence electrons. The Kier molecular flexibility index (Phi) is 6.64. The lowest BCUT2D eigenvalue weighted by Crippen LogP contribution is -2.14. The Balaban J connectivity index is 1.96. The van der Waals surface area contributed by atoms with Gasteiger partial charge in [-0.25, -0.2) is 0 Å². The van der Waals surface area contributed by atoms with Gasteiger partial charge in [0.25, 0.3) is 0 Å². The molecule has 0 aliphatic rings. The van der Waals surface area contributed by atoms with Crippen molar-refractivity contribution in [1.82, 2.24) is 0 Å². The van der Waals surface area contributed by atoms with Gasteiger partial charge in [-0.1, -0.05) is 90.6 Å². The summed E-state index contributed by atoms with van der Waals surface area (Å²) in [6.45, 7) is 2.01. The van der Waals surface area contributed by atoms with Gasteiger partial charge in [0.15, 0.2) is 0 Å². The average Bonchev–Trinajstić information content (AvgIpc) is 2.70. The Hall–Kier alpha value is -2.88. The number of allylic oxidation sites excluding steroid dienone is 1. The van der Waals surface area contributed by atoms with Gasteiger partial charge in [-0.3, -0.25) is 0 Å². The SMILES string of the molecule is Cc1ccccc1NC(=S)/C(=C(O)\C=C\c1ccc(Cl)cc1)c1ccccc1. The van der Waals surface area contributed by atoms with E-state index in [-0.39, 0.29) is 5.76 Å². The molecule has 0 spiro atoms. The van der Waals surface area contributed by atoms with Crippen LogP contribution < -0.4 is 5.32 Å². The van der Waals surface area contributed by atoms with Crippen molar-refractivity contribution in [2.24, 2.45) is 0 Å². The molecule has 3 rings (SSSR count). The van der Waals surface area contributed by atoms with Crippen LogP contribution in [0.5, 0.6) is 0 Å². The predicted molar refractivity (Wildman–Crippen MR) is 124 cm³/mol. The van der Waals surface area contributed by atoms with Crippen LogP contribution in [0.2, 0.25) is 5.02 Å². The second kappa shape index (κ2) is 9.36. The van der Waals surface area contributed by atoms with Gasteiger partial charge in [-0.2, -0.15) is 0 Å². The third kappa shape index (κ3) is 5.10. The van der Waals surface area contributed by atoms with Crippen molar-refractivity contribution in [3.63, 3.8) is 0 Å². The summed E-state index contributed by atoms with van der Waals surface area (Å²) in [7, 11) is 0. The van der Waals surface area contributed by atoms with Crippen molar-refractivity contribution in [2.45, 2.75) is 6.92 Å². The van der Waals surface area contributed by atoms with Gasteiger partial charge >= 0.3 is 0 Å². The summed E-state index contributed by atoms with van der Waals surface area (Å²) in [6.07, 6.45) is 3.47. The lowest BCUT2D eigenvalue weighted by molar-refractivity contribution is 0.437. The monoisotopic (exact) mass is 405 g/mol. The molecule has 0 radical (unpaired) electrons. The van der Waals surface area contributed by atoms with E-state index in [1.54, 1.807) is 6.08 Å². The number of nitrogens with one attached hydrogen (secondary N) is 1. The molecule has 3 aromatic rings. The first kappa shape index (κ1) is 19.9. The number of halogens is 1. The van der Waals surface area contributed by atoms with Crippen LogP contribution in [0.4, 0.5) is 5.69 Å². The first-order chi connectivity index (χ1) is 13.5. The molecule has 0 amide bonds. The second-order valence-electron chi connectivity index (χ2n) is 6.28. The Bertz CT molecular complexity index is 1020. The number of anilines is 1. The fourth-order valence-electron chi connectivity index (χ4n) is 2.73. The zero-order valence-electron chi connectivity index (χ0n) is 15.4. The fraction of sp³-hybridized carbons (Fsp3) is 0.0417. The summed E-state index contributed by atoms with van der Waals surface area (Å²) >= 11 is 11.6. The molecule has 2 N–H and O–H groups in total. The van der Waals surface area contributed by atoms with Crippen molar-refractivity contribution >= 4 is 46.1 Å². The summed E-state index contributed by atoms with van der Waals surface area (Å²) in [5.41, 5.74) is 4.33. The highest BCUT2D eigenvalue weighted by Gasteiger charge is 2.13. The maximum Gasteiger partial charge on any atom is 0.126 e. The quantitative estimate of drug-likeness (QED) is 0.206. The molecule has 0 aliphatic heterocycles. The Morgan fingerprint density at radius 1 is 0.929 bits per heavy atom. The molecular formula is C24H20ClNOS. The zero-order chi connectivity index (χ0) is 19.9. The summed E-state index contributed by atoms with van der Waals surface area (Å²) in [5, 5.41) is 14.8. The fourth-order valence-corrected chi connectivity index (χ4v) is 3.19. The smallest absolute Gasteiger partial charge is 0.126 e. The molecule has 0 heterocycles. The highest BCUT2D eigenvalue weighted by atomic mass is 35.5. The Morgan fingerprint density at radius 3 is 2.25 bits per heavy atom. The van der Waals surface area contributed by atoms with Crippen LogP contribution in [0.1, 0.15) is 16.7 Å². The van der Waals surface area contributed by atoms with Crippen LogP contribution in [0.25, 0.3) is 11.6 Å². The van der Waals surface area contributed by atoms with E-state index >= 15 is 0 Å². The normalized spacial score (nSPS) is 11.9. The average molecular weight is 406 g/mol. The lowest BCUT2D eigenvalue weighted by atomic mass is 10.0. The van der Waals surface area contributed by atoms with Gasteiger partial charge < -0.3 is 10.4 Å². The number of hydrogen-bond acceptors (Lipinski definition) is 2. The van der Waals surface area contributed by atoms with Crippen molar-refractivity contribution < 1.29 is 5.11 Å². The summed E-state index contributed by atoms with van der Waals surface area (Å²) in [6, 6.07) is 24.9. The van der Waals surface area contributed by atoms with Crippen LogP contribution in [-0.2, 0) is 0 Å². The minimum atomic E-state index is 0.0900. The molecule has 3 aromatic carbocycles. The predicted octanol–water partition coefficient (Wildman–Crippen LogP) is 7.07. The van der Waals surface area contributed by atoms with Crippen molar-refractivity contribution in [3.8, 4) is 0 Å². The largest absolute Gasteiger partial charge is 0.507 e. The number of rotatable bonds is 5. The Morgan fingerprint density at radius 2 is 1.57 bits per heavy atom. The lowest BCUT2D eigenvalue weighted by Gasteiger charge is -2.15. The van der Waals surface area contributed by atoms with Gasteiger partial charge in [0.05, 0.1) is 5.57 Å². The molecule has 28 heavy (non-hydrogen) atoms. The number of aliphatic hydroxyl groups excluding tert-OH is 1. The van der Waals surface area contributed by atoms with E-state index < -0.39 is 0 Å². The highest BCUT2D eigenvalue weighted by molar-refractivity contribution is 7.81. The maximum absolute atomic E-state index is 10.8. The van der Waals surface area contributed by atoms with Crippen LogP contribution >= 0.6 is 23.8 Å². The van der Waals surface area contributed by atoms with Gasteiger partial charge in [0.1, 0.15) is 10.7 Å². The summed E-state index contributed by atoms with van der Waals surface area (Å²) in [5.74, 6) is 0.0900. The summed E-state index contributed by atoms with van der Waals surface area (Å²) in [4.78, 5) is 0.457. The molecule has 0 aliphatic carbocycles. The highest BCUT2D eigenvalue weighted by Crippen LogP contribution is 2.24. The number of hydrogen-bond donors (Lipinski definition) is 2. The van der Waals surface area contributed by atoms with E-state index in [2.05, 4.69) is 5.32 Å². The van der Waals surface area contributed by atoms with Crippen LogP contribution in [0.3, 0.4) is 0 Å². The molecule has 0 atom stereocenters. The van der Waals surface area contributed by atoms with E-state index in [4.69, 9.17) is 23.8 Å². The second-order valence-corrected chi connectivity index (χ2v) is 7.12. The van der Waals surface area contributed by atoms with E-state index in [1.165, 1.54) is 0 Å². The number of aliphatic hydroxyl groups is 1. The number of para-hydroxylation sites is 1. The maximum atomic E-state index is 10.8. The zero-order valence-corrected chi connectivity index (χ0v) is 17.0. The van der Waals surface area contributed by atoms with Crippen LogP contribution in [-0.4, -0.2) is 10.1 Å². The molecular weight excluding hydrogens is 386 g/mol. The van der Waals surface area contributed by atoms with Crippen LogP contribution in [0.15, 0.2) is 90.7 Å². The number of thiocarbonyl (C=S) groups is 1. The van der Waals surface area contributed by atoms with E-state index in [1.807, 2.05) is 91.9 Å². The molecule has 0 unspecified atom stereocenters. The van der Waals surface area contributed by atoms with Crippen molar-refractivity contribution in [1.29, 1.82) is 0 Å². The van der Waals surface area contributed by atoms with Gasteiger partial charge in [-0.15, -0.1) is 0 Å². The van der Waals surface area contributed by atoms with E-state index in [0.717, 1.165) is 22.4 Å². The first-order valence-corrected chi connectivity index (χ1v) is 9.62. The topological polar surface area (TPSA) is 32.3 Å². The van der Waals surface area contributed by atoms with E-state index in [9.17, 15) is 5.11 Å². The first-order valence-electron chi connectivity index (χ1n) is 8.84. The molecule has 0 fully saturated rings. The molecule has 0 aromatic heterocycles. The van der Waals surface area contributed by atoms with Crippen molar-refractivity contribution in [2.75, 3.05) is 5.32 Å². The van der Waals surface area contributed by atoms with Crippen molar-refractivity contribution in [3.05, 3.63) is 112 Å². The number of aryl methyl sites for hydroxylation is 1. The van der Waals surface area contributed by atoms with E-state index in [0.29, 0.717) is 15.6 Å². The molecule has 2 nitrogen and oxygen atoms in total. The van der Waals surface area contributed by atoms with Gasteiger partial charge in [0.2, 0.25) is 0 Å². The van der Waals surface area contributed by atoms with Gasteiger partial charge in [0, 0.05) is 10.7 Å². The molecule has 4 heteroatoms. The molecule has 0 saturated carbocycles. The van der Waals surface area contributed by atoms with Gasteiger partial charge in [-0.05, 0) is 47.9 Å².